The van der Waals surface area contributed by atoms with Gasteiger partial charge in [0.05, 0.1) is 0 Å². The third-order valence-electron chi connectivity index (χ3n) is 0.537. The van der Waals surface area contributed by atoms with Crippen LogP contribution in [0.25, 0.3) is 0 Å². The lowest BCUT2D eigenvalue weighted by atomic mass is 10.8. The minimum absolute atomic E-state index is 0.837. The van der Waals surface area contributed by atoms with E-state index in [2.05, 4.69) is 9.05 Å². The van der Waals surface area contributed by atoms with Crippen molar-refractivity contribution >= 4 is 8.60 Å². The van der Waals surface area contributed by atoms with Crippen molar-refractivity contribution in [3.8, 4) is 0 Å². The van der Waals surface area contributed by atoms with Crippen molar-refractivity contribution in [1.82, 2.24) is 0 Å². The molecular weight excluding hydrogens is 143 g/mol. The number of aliphatic hydroxyl groups is 1. The van der Waals surface area contributed by atoms with Gasteiger partial charge in [-0.3, -0.25) is 4.52 Å². The summed E-state index contributed by atoms with van der Waals surface area (Å²) in [5, 5.41) is 8.62. The van der Waals surface area contributed by atoms with Crippen LogP contribution in [0, 0.1) is 0 Å². The predicted molar refractivity (Wildman–Crippen MR) is 33.7 cm³/mol. The maximum atomic E-state index is 8.62. The largest absolute Gasteiger partial charge is 0.368 e. The molecule has 0 fully saturated rings. The molecule has 0 heterocycles. The molecule has 0 aliphatic rings. The molecule has 0 aliphatic carbocycles. The van der Waals surface area contributed by atoms with Gasteiger partial charge in [0.1, 0.15) is 0 Å². The Bertz CT molecular complexity index is 63.6. The van der Waals surface area contributed by atoms with E-state index in [4.69, 9.17) is 9.63 Å². The van der Waals surface area contributed by atoms with Crippen LogP contribution in [0.5, 0.6) is 0 Å². The SMILES string of the molecule is COP(OC)OC(C)O. The second kappa shape index (κ2) is 5.09. The van der Waals surface area contributed by atoms with Crippen LogP contribution in [0.3, 0.4) is 0 Å². The zero-order valence-corrected chi connectivity index (χ0v) is 6.59. The molecule has 0 radical (unpaired) electrons. The topological polar surface area (TPSA) is 47.9 Å². The van der Waals surface area contributed by atoms with Gasteiger partial charge in [0.25, 0.3) is 0 Å². The summed E-state index contributed by atoms with van der Waals surface area (Å²) in [6.45, 7) is 1.49. The van der Waals surface area contributed by atoms with Crippen LogP contribution in [-0.4, -0.2) is 25.6 Å². The minimum Gasteiger partial charge on any atom is -0.368 e. The van der Waals surface area contributed by atoms with Gasteiger partial charge in [-0.15, -0.1) is 0 Å². The molecule has 4 nitrogen and oxygen atoms in total. The maximum Gasteiger partial charge on any atom is 0.334 e. The van der Waals surface area contributed by atoms with Crippen molar-refractivity contribution in [2.45, 2.75) is 13.2 Å². The Morgan fingerprint density at radius 1 is 1.33 bits per heavy atom. The first kappa shape index (κ1) is 9.27. The summed E-state index contributed by atoms with van der Waals surface area (Å²) in [5.74, 6) is 0. The first-order chi connectivity index (χ1) is 4.20. The maximum absolute atomic E-state index is 8.62. The third kappa shape index (κ3) is 4.75. The summed E-state index contributed by atoms with van der Waals surface area (Å²) in [4.78, 5) is 0. The second-order valence-electron chi connectivity index (χ2n) is 1.29. The third-order valence-corrected chi connectivity index (χ3v) is 1.61. The van der Waals surface area contributed by atoms with Crippen LogP contribution in [0.4, 0.5) is 0 Å². The summed E-state index contributed by atoms with van der Waals surface area (Å²) in [7, 11) is 1.57. The van der Waals surface area contributed by atoms with E-state index in [-0.39, 0.29) is 0 Å². The lowest BCUT2D eigenvalue weighted by Gasteiger charge is -2.12. The highest BCUT2D eigenvalue weighted by Crippen LogP contribution is 2.37. The van der Waals surface area contributed by atoms with E-state index in [1.54, 1.807) is 0 Å². The average molecular weight is 154 g/mol. The molecule has 0 amide bonds. The smallest absolute Gasteiger partial charge is 0.334 e. The van der Waals surface area contributed by atoms with Gasteiger partial charge >= 0.3 is 8.60 Å². The summed E-state index contributed by atoms with van der Waals surface area (Å²) in [6, 6.07) is 0. The summed E-state index contributed by atoms with van der Waals surface area (Å²) in [6.07, 6.45) is -0.837. The van der Waals surface area contributed by atoms with E-state index in [1.807, 2.05) is 0 Å². The Morgan fingerprint density at radius 2 is 1.78 bits per heavy atom. The lowest BCUT2D eigenvalue weighted by Crippen LogP contribution is -2.02. The molecule has 0 spiro atoms. The van der Waals surface area contributed by atoms with Gasteiger partial charge in [-0.2, -0.15) is 0 Å². The zero-order valence-electron chi connectivity index (χ0n) is 5.70. The Labute approximate surface area is 55.7 Å². The highest BCUT2D eigenvalue weighted by Gasteiger charge is 2.09. The lowest BCUT2D eigenvalue weighted by molar-refractivity contribution is -0.0139. The van der Waals surface area contributed by atoms with Gasteiger partial charge < -0.3 is 14.2 Å². The Morgan fingerprint density at radius 3 is 1.89 bits per heavy atom. The van der Waals surface area contributed by atoms with Crippen molar-refractivity contribution < 1.29 is 18.7 Å². The van der Waals surface area contributed by atoms with Crippen LogP contribution in [0.15, 0.2) is 0 Å². The summed E-state index contributed by atoms with van der Waals surface area (Å²) < 4.78 is 14.1. The molecule has 0 saturated heterocycles. The first-order valence-electron chi connectivity index (χ1n) is 2.44. The number of hydrogen-bond donors (Lipinski definition) is 1. The normalized spacial score (nSPS) is 14.3. The van der Waals surface area contributed by atoms with Gasteiger partial charge in [-0.1, -0.05) is 0 Å². The van der Waals surface area contributed by atoms with Gasteiger partial charge in [0.2, 0.25) is 0 Å². The molecular formula is C4H11O4P. The first-order valence-corrected chi connectivity index (χ1v) is 3.53. The fourth-order valence-electron chi connectivity index (χ4n) is 0.285. The molecule has 0 aromatic carbocycles. The van der Waals surface area contributed by atoms with Gasteiger partial charge in [0.15, 0.2) is 6.29 Å². The zero-order chi connectivity index (χ0) is 7.28. The van der Waals surface area contributed by atoms with Crippen molar-refractivity contribution in [3.05, 3.63) is 0 Å². The van der Waals surface area contributed by atoms with Gasteiger partial charge in [0, 0.05) is 14.2 Å². The highest BCUT2D eigenvalue weighted by molar-refractivity contribution is 7.41. The molecule has 0 aromatic heterocycles. The molecule has 1 N–H and O–H groups in total. The van der Waals surface area contributed by atoms with Crippen molar-refractivity contribution in [1.29, 1.82) is 0 Å². The fraction of sp³-hybridized carbons (Fsp3) is 1.00. The van der Waals surface area contributed by atoms with Gasteiger partial charge in [-0.05, 0) is 6.92 Å². The Kier molecular flexibility index (Phi) is 5.24. The van der Waals surface area contributed by atoms with Gasteiger partial charge in [-0.25, -0.2) is 0 Å². The molecule has 1 atom stereocenters. The average Bonchev–Trinajstić information content (AvgIpc) is 1.82. The Balaban J connectivity index is 3.31. The second-order valence-corrected chi connectivity index (χ2v) is 2.68. The molecule has 1 unspecified atom stereocenters. The molecule has 9 heavy (non-hydrogen) atoms. The van der Waals surface area contributed by atoms with Crippen LogP contribution in [0.2, 0.25) is 0 Å². The molecule has 56 valence electrons. The van der Waals surface area contributed by atoms with E-state index in [1.165, 1.54) is 21.1 Å². The minimum atomic E-state index is -1.35. The van der Waals surface area contributed by atoms with E-state index in [9.17, 15) is 0 Å². The quantitative estimate of drug-likeness (QED) is 0.482. The number of hydrogen-bond acceptors (Lipinski definition) is 4. The number of rotatable bonds is 4. The molecule has 0 aliphatic heterocycles. The van der Waals surface area contributed by atoms with Crippen LogP contribution in [0.1, 0.15) is 6.92 Å². The molecule has 0 aromatic rings. The fourth-order valence-corrected chi connectivity index (χ4v) is 0.855. The van der Waals surface area contributed by atoms with Crippen LogP contribution < -0.4 is 0 Å². The molecule has 5 heteroatoms. The van der Waals surface area contributed by atoms with Crippen LogP contribution >= 0.6 is 8.60 Å². The Hall–Kier alpha value is 0.270. The van der Waals surface area contributed by atoms with E-state index >= 15 is 0 Å². The highest BCUT2D eigenvalue weighted by atomic mass is 31.2. The molecule has 0 rings (SSSR count). The van der Waals surface area contributed by atoms with E-state index in [0.717, 1.165) is 0 Å². The molecule has 0 saturated carbocycles. The van der Waals surface area contributed by atoms with E-state index < -0.39 is 14.9 Å². The van der Waals surface area contributed by atoms with E-state index in [0.29, 0.717) is 0 Å². The van der Waals surface area contributed by atoms with Crippen molar-refractivity contribution in [2.75, 3.05) is 14.2 Å². The van der Waals surface area contributed by atoms with Crippen molar-refractivity contribution in [3.63, 3.8) is 0 Å². The van der Waals surface area contributed by atoms with Crippen molar-refractivity contribution in [2.24, 2.45) is 0 Å². The standard InChI is InChI=1S/C4H11O4P/c1-4(5)8-9(6-2)7-3/h4-5H,1-3H3. The number of aliphatic hydroxyl groups excluding tert-OH is 1. The molecule has 0 bridgehead atoms. The van der Waals surface area contributed by atoms with Crippen LogP contribution in [-0.2, 0) is 13.6 Å². The predicted octanol–water partition coefficient (Wildman–Crippen LogP) is 0.861. The monoisotopic (exact) mass is 154 g/mol. The summed E-state index contributed by atoms with van der Waals surface area (Å²) >= 11 is 0. The summed E-state index contributed by atoms with van der Waals surface area (Å²) in [5.41, 5.74) is 0.